The van der Waals surface area contributed by atoms with Crippen molar-refractivity contribution in [1.82, 2.24) is 9.80 Å². The lowest BCUT2D eigenvalue weighted by molar-refractivity contribution is -0.128. The number of hydrogen-bond acceptors (Lipinski definition) is 5. The highest BCUT2D eigenvalue weighted by atomic mass is 32.2. The zero-order valence-corrected chi connectivity index (χ0v) is 20.5. The molecule has 0 spiro atoms. The third-order valence-corrected chi connectivity index (χ3v) is 7.42. The van der Waals surface area contributed by atoms with Crippen molar-refractivity contribution in [2.75, 3.05) is 46.1 Å². The molecule has 3 rings (SSSR count). The number of hydrogen-bond donors (Lipinski definition) is 1. The number of benzene rings is 1. The predicted molar refractivity (Wildman–Crippen MR) is 133 cm³/mol. The number of aliphatic hydroxyl groups is 1. The van der Waals surface area contributed by atoms with Crippen LogP contribution in [0.4, 0.5) is 0 Å². The van der Waals surface area contributed by atoms with Gasteiger partial charge in [-0.1, -0.05) is 18.2 Å². The number of amides is 1. The SMILES string of the molecule is COc1ccc(C2CCN(CC(O)C3CCN(C(=O)/C=C/C(C)=C/SC)CC3)CC2)cc1. The van der Waals surface area contributed by atoms with E-state index < -0.39 is 0 Å². The van der Waals surface area contributed by atoms with Crippen molar-refractivity contribution >= 4 is 17.7 Å². The summed E-state index contributed by atoms with van der Waals surface area (Å²) in [6, 6.07) is 8.44. The number of piperidine rings is 2. The largest absolute Gasteiger partial charge is 0.497 e. The van der Waals surface area contributed by atoms with Crippen molar-refractivity contribution in [2.45, 2.75) is 44.6 Å². The molecule has 0 aromatic heterocycles. The van der Waals surface area contributed by atoms with E-state index >= 15 is 0 Å². The number of carbonyl (C=O) groups is 1. The van der Waals surface area contributed by atoms with Crippen LogP contribution in [0.2, 0.25) is 0 Å². The minimum Gasteiger partial charge on any atom is -0.497 e. The first-order chi connectivity index (χ1) is 15.5. The van der Waals surface area contributed by atoms with Gasteiger partial charge in [0.05, 0.1) is 13.2 Å². The molecule has 1 aromatic carbocycles. The molecule has 1 amide bonds. The van der Waals surface area contributed by atoms with E-state index in [1.54, 1.807) is 24.9 Å². The molecule has 1 N–H and O–H groups in total. The predicted octanol–water partition coefficient (Wildman–Crippen LogP) is 4.30. The number of nitrogens with zero attached hydrogens (tertiary/aromatic N) is 2. The zero-order valence-electron chi connectivity index (χ0n) is 19.7. The Morgan fingerprint density at radius 3 is 2.38 bits per heavy atom. The van der Waals surface area contributed by atoms with E-state index in [-0.39, 0.29) is 17.9 Å². The van der Waals surface area contributed by atoms with Gasteiger partial charge in [-0.25, -0.2) is 0 Å². The second-order valence-corrected chi connectivity index (χ2v) is 9.72. The topological polar surface area (TPSA) is 53.0 Å². The van der Waals surface area contributed by atoms with Gasteiger partial charge in [-0.2, -0.15) is 0 Å². The van der Waals surface area contributed by atoms with Gasteiger partial charge in [0, 0.05) is 25.7 Å². The van der Waals surface area contributed by atoms with Crippen molar-refractivity contribution < 1.29 is 14.6 Å². The van der Waals surface area contributed by atoms with E-state index in [1.807, 2.05) is 41.7 Å². The van der Waals surface area contributed by atoms with Crippen molar-refractivity contribution in [3.05, 3.63) is 53.0 Å². The van der Waals surface area contributed by atoms with Crippen LogP contribution in [0.5, 0.6) is 5.75 Å². The van der Waals surface area contributed by atoms with Gasteiger partial charge in [-0.3, -0.25) is 4.79 Å². The Bertz CT molecular complexity index is 777. The van der Waals surface area contributed by atoms with Crippen LogP contribution in [0.15, 0.2) is 47.4 Å². The van der Waals surface area contributed by atoms with Crippen LogP contribution in [0, 0.1) is 5.92 Å². The van der Waals surface area contributed by atoms with Gasteiger partial charge >= 0.3 is 0 Å². The summed E-state index contributed by atoms with van der Waals surface area (Å²) in [5, 5.41) is 12.9. The van der Waals surface area contributed by atoms with Gasteiger partial charge in [-0.05, 0) is 92.5 Å². The fourth-order valence-electron chi connectivity index (χ4n) is 4.78. The van der Waals surface area contributed by atoms with Crippen LogP contribution < -0.4 is 4.74 Å². The second-order valence-electron chi connectivity index (χ2n) is 9.01. The number of methoxy groups -OCH3 is 1. The molecule has 32 heavy (non-hydrogen) atoms. The van der Waals surface area contributed by atoms with E-state index in [9.17, 15) is 9.90 Å². The number of aliphatic hydroxyl groups excluding tert-OH is 1. The molecule has 1 unspecified atom stereocenters. The monoisotopic (exact) mass is 458 g/mol. The summed E-state index contributed by atoms with van der Waals surface area (Å²) in [7, 11) is 1.70. The van der Waals surface area contributed by atoms with Crippen LogP contribution in [-0.2, 0) is 4.79 Å². The smallest absolute Gasteiger partial charge is 0.246 e. The maximum Gasteiger partial charge on any atom is 0.246 e. The molecular weight excluding hydrogens is 420 g/mol. The Hall–Kier alpha value is -1.76. The Morgan fingerprint density at radius 1 is 1.12 bits per heavy atom. The minimum absolute atomic E-state index is 0.0763. The Morgan fingerprint density at radius 2 is 1.78 bits per heavy atom. The first-order valence-corrected chi connectivity index (χ1v) is 13.0. The molecule has 5 nitrogen and oxygen atoms in total. The molecule has 0 bridgehead atoms. The summed E-state index contributed by atoms with van der Waals surface area (Å²) in [5.41, 5.74) is 2.48. The van der Waals surface area contributed by atoms with Crippen LogP contribution in [0.25, 0.3) is 0 Å². The van der Waals surface area contributed by atoms with Gasteiger partial charge in [0.2, 0.25) is 5.91 Å². The fourth-order valence-corrected chi connectivity index (χ4v) is 5.23. The van der Waals surface area contributed by atoms with Crippen molar-refractivity contribution in [3.63, 3.8) is 0 Å². The van der Waals surface area contributed by atoms with E-state index in [0.29, 0.717) is 5.92 Å². The number of rotatable bonds is 8. The molecule has 1 atom stereocenters. The molecule has 2 aliphatic heterocycles. The fraction of sp³-hybridized carbons (Fsp3) is 0.577. The van der Waals surface area contributed by atoms with Gasteiger partial charge in [0.1, 0.15) is 5.75 Å². The van der Waals surface area contributed by atoms with E-state index in [0.717, 1.165) is 69.7 Å². The molecule has 1 aromatic rings. The summed E-state index contributed by atoms with van der Waals surface area (Å²) >= 11 is 1.64. The highest BCUT2D eigenvalue weighted by Gasteiger charge is 2.29. The number of allylic oxidation sites excluding steroid dienone is 2. The lowest BCUT2D eigenvalue weighted by atomic mass is 9.88. The van der Waals surface area contributed by atoms with Crippen LogP contribution >= 0.6 is 11.8 Å². The zero-order chi connectivity index (χ0) is 22.9. The normalized spacial score (nSPS) is 20.6. The number of thioether (sulfide) groups is 1. The number of β-amino-alcohol motifs (C(OH)–C–C–N with tert-alkyl or cyclic N) is 1. The summed E-state index contributed by atoms with van der Waals surface area (Å²) in [5.74, 6) is 1.85. The van der Waals surface area contributed by atoms with Gasteiger partial charge < -0.3 is 19.6 Å². The highest BCUT2D eigenvalue weighted by Crippen LogP contribution is 2.30. The van der Waals surface area contributed by atoms with Crippen LogP contribution in [-0.4, -0.2) is 73.0 Å². The second kappa shape index (κ2) is 12.5. The average molecular weight is 459 g/mol. The van der Waals surface area contributed by atoms with Crippen molar-refractivity contribution in [1.29, 1.82) is 0 Å². The molecule has 0 saturated carbocycles. The minimum atomic E-state index is -0.313. The molecule has 176 valence electrons. The summed E-state index contributed by atoms with van der Waals surface area (Å²) in [6.45, 7) is 6.26. The third kappa shape index (κ3) is 7.12. The maximum absolute atomic E-state index is 12.4. The Balaban J connectivity index is 1.39. The quantitative estimate of drug-likeness (QED) is 0.465. The lowest BCUT2D eigenvalue weighted by Gasteiger charge is -2.38. The molecule has 2 aliphatic rings. The lowest BCUT2D eigenvalue weighted by Crippen LogP contribution is -2.45. The molecule has 0 radical (unpaired) electrons. The Kier molecular flexibility index (Phi) is 9.69. The first kappa shape index (κ1) is 24.9. The van der Waals surface area contributed by atoms with E-state index in [1.165, 1.54) is 5.56 Å². The standard InChI is InChI=1S/C26H38N2O3S/c1-20(19-32-3)4-9-26(30)28-16-12-23(13-17-28)25(29)18-27-14-10-22(11-15-27)21-5-7-24(31-2)8-6-21/h4-9,19,22-23,25,29H,10-18H2,1-3H3/b9-4+,20-19+. The third-order valence-electron chi connectivity index (χ3n) is 6.81. The number of carbonyl (C=O) groups excluding carboxylic acids is 1. The first-order valence-electron chi connectivity index (χ1n) is 11.7. The van der Waals surface area contributed by atoms with Crippen molar-refractivity contribution in [3.8, 4) is 5.75 Å². The maximum atomic E-state index is 12.4. The van der Waals surface area contributed by atoms with Gasteiger partial charge in [0.25, 0.3) is 0 Å². The molecule has 2 heterocycles. The van der Waals surface area contributed by atoms with E-state index in [4.69, 9.17) is 4.74 Å². The van der Waals surface area contributed by atoms with Gasteiger partial charge in [0.15, 0.2) is 0 Å². The molecule has 0 aliphatic carbocycles. The van der Waals surface area contributed by atoms with Crippen LogP contribution in [0.3, 0.4) is 0 Å². The molecule has 2 saturated heterocycles. The molecule has 6 heteroatoms. The number of likely N-dealkylation sites (tertiary alicyclic amines) is 2. The van der Waals surface area contributed by atoms with Gasteiger partial charge in [-0.15, -0.1) is 11.8 Å². The summed E-state index contributed by atoms with van der Waals surface area (Å²) in [6.07, 6.45) is 9.27. The summed E-state index contributed by atoms with van der Waals surface area (Å²) in [4.78, 5) is 16.7. The Labute approximate surface area is 197 Å². The van der Waals surface area contributed by atoms with E-state index in [2.05, 4.69) is 17.0 Å². The summed E-state index contributed by atoms with van der Waals surface area (Å²) < 4.78 is 5.26. The molecular formula is C26H38N2O3S. The van der Waals surface area contributed by atoms with Crippen LogP contribution in [0.1, 0.15) is 44.1 Å². The number of ether oxygens (including phenoxy) is 1. The highest BCUT2D eigenvalue weighted by molar-refractivity contribution is 8.01. The average Bonchev–Trinajstić information content (AvgIpc) is 2.83. The van der Waals surface area contributed by atoms with Crippen molar-refractivity contribution in [2.24, 2.45) is 5.92 Å². The molecule has 2 fully saturated rings.